The third kappa shape index (κ3) is 1.88. The molecule has 0 aliphatic carbocycles. The molecule has 0 saturated carbocycles. The highest BCUT2D eigenvalue weighted by atomic mass is 19.1. The van der Waals surface area contributed by atoms with Gasteiger partial charge in [0.15, 0.2) is 5.82 Å². The van der Waals surface area contributed by atoms with Crippen molar-refractivity contribution in [3.8, 4) is 11.4 Å². The molecule has 0 fully saturated rings. The SMILES string of the molecule is CCc1cc(F)nc(-c2ccoc2C)n1. The van der Waals surface area contributed by atoms with E-state index >= 15 is 0 Å². The largest absolute Gasteiger partial charge is 0.469 e. The molecule has 2 heterocycles. The van der Waals surface area contributed by atoms with E-state index in [0.717, 1.165) is 5.56 Å². The number of hydrogen-bond donors (Lipinski definition) is 0. The highest BCUT2D eigenvalue weighted by Crippen LogP contribution is 2.21. The summed E-state index contributed by atoms with van der Waals surface area (Å²) in [5.74, 6) is 0.582. The lowest BCUT2D eigenvalue weighted by atomic mass is 10.2. The minimum Gasteiger partial charge on any atom is -0.469 e. The van der Waals surface area contributed by atoms with Gasteiger partial charge < -0.3 is 4.42 Å². The summed E-state index contributed by atoms with van der Waals surface area (Å²) in [5.41, 5.74) is 1.43. The summed E-state index contributed by atoms with van der Waals surface area (Å²) < 4.78 is 18.3. The molecule has 4 heteroatoms. The molecular weight excluding hydrogens is 195 g/mol. The molecule has 0 N–H and O–H groups in total. The number of hydrogen-bond acceptors (Lipinski definition) is 3. The minimum atomic E-state index is -0.502. The molecule has 3 nitrogen and oxygen atoms in total. The Balaban J connectivity index is 2.53. The first-order chi connectivity index (χ1) is 7.20. The summed E-state index contributed by atoms with van der Waals surface area (Å²) in [7, 11) is 0. The lowest BCUT2D eigenvalue weighted by Crippen LogP contribution is -1.97. The standard InChI is InChI=1S/C11H11FN2O/c1-3-8-6-10(12)14-11(13-8)9-4-5-15-7(9)2/h4-6H,3H2,1-2H3. The van der Waals surface area contributed by atoms with Gasteiger partial charge >= 0.3 is 0 Å². The van der Waals surface area contributed by atoms with Gasteiger partial charge in [-0.15, -0.1) is 0 Å². The molecule has 0 aromatic carbocycles. The smallest absolute Gasteiger partial charge is 0.216 e. The maximum Gasteiger partial charge on any atom is 0.216 e. The van der Waals surface area contributed by atoms with Crippen LogP contribution in [0.25, 0.3) is 11.4 Å². The van der Waals surface area contributed by atoms with Gasteiger partial charge in [0.2, 0.25) is 5.95 Å². The Morgan fingerprint density at radius 2 is 2.20 bits per heavy atom. The van der Waals surface area contributed by atoms with Crippen molar-refractivity contribution in [2.24, 2.45) is 0 Å². The molecule has 0 atom stereocenters. The van der Waals surface area contributed by atoms with E-state index in [-0.39, 0.29) is 0 Å². The molecule has 15 heavy (non-hydrogen) atoms. The third-order valence-corrected chi connectivity index (χ3v) is 2.21. The fourth-order valence-corrected chi connectivity index (χ4v) is 1.38. The van der Waals surface area contributed by atoms with Crippen LogP contribution in [-0.2, 0) is 6.42 Å². The summed E-state index contributed by atoms with van der Waals surface area (Å²) in [5, 5.41) is 0. The van der Waals surface area contributed by atoms with Gasteiger partial charge in [0.25, 0.3) is 0 Å². The van der Waals surface area contributed by atoms with Gasteiger partial charge in [-0.05, 0) is 19.4 Å². The van der Waals surface area contributed by atoms with E-state index < -0.39 is 5.95 Å². The molecule has 0 radical (unpaired) electrons. The fraction of sp³-hybridized carbons (Fsp3) is 0.273. The molecule has 0 spiro atoms. The molecule has 0 saturated heterocycles. The van der Waals surface area contributed by atoms with Crippen LogP contribution in [0.5, 0.6) is 0 Å². The monoisotopic (exact) mass is 206 g/mol. The summed E-state index contributed by atoms with van der Waals surface area (Å²) in [4.78, 5) is 7.99. The summed E-state index contributed by atoms with van der Waals surface area (Å²) >= 11 is 0. The molecule has 78 valence electrons. The molecule has 0 aliphatic heterocycles. The Morgan fingerprint density at radius 3 is 2.80 bits per heavy atom. The van der Waals surface area contributed by atoms with Gasteiger partial charge in [0.1, 0.15) is 5.76 Å². The first kappa shape index (κ1) is 9.83. The van der Waals surface area contributed by atoms with Crippen molar-refractivity contribution < 1.29 is 8.81 Å². The zero-order valence-corrected chi connectivity index (χ0v) is 8.62. The second-order valence-corrected chi connectivity index (χ2v) is 3.25. The predicted molar refractivity (Wildman–Crippen MR) is 53.8 cm³/mol. The van der Waals surface area contributed by atoms with E-state index in [0.29, 0.717) is 23.7 Å². The van der Waals surface area contributed by atoms with Crippen LogP contribution in [0.4, 0.5) is 4.39 Å². The number of furan rings is 1. The average molecular weight is 206 g/mol. The van der Waals surface area contributed by atoms with Crippen molar-refractivity contribution in [2.75, 3.05) is 0 Å². The zero-order chi connectivity index (χ0) is 10.8. The first-order valence-electron chi connectivity index (χ1n) is 4.78. The molecule has 2 rings (SSSR count). The fourth-order valence-electron chi connectivity index (χ4n) is 1.38. The number of aromatic nitrogens is 2. The van der Waals surface area contributed by atoms with Crippen LogP contribution in [0.1, 0.15) is 18.4 Å². The topological polar surface area (TPSA) is 38.9 Å². The van der Waals surface area contributed by atoms with Crippen molar-refractivity contribution in [1.29, 1.82) is 0 Å². The van der Waals surface area contributed by atoms with Gasteiger partial charge in [-0.2, -0.15) is 9.37 Å². The Hall–Kier alpha value is -1.71. The number of rotatable bonds is 2. The molecular formula is C11H11FN2O. The Morgan fingerprint density at radius 1 is 1.40 bits per heavy atom. The van der Waals surface area contributed by atoms with Crippen molar-refractivity contribution in [3.63, 3.8) is 0 Å². The van der Waals surface area contributed by atoms with Crippen molar-refractivity contribution in [2.45, 2.75) is 20.3 Å². The van der Waals surface area contributed by atoms with Crippen molar-refractivity contribution >= 4 is 0 Å². The highest BCUT2D eigenvalue weighted by molar-refractivity contribution is 5.56. The van der Waals surface area contributed by atoms with E-state index in [1.807, 2.05) is 6.92 Å². The number of aryl methyl sites for hydroxylation is 2. The predicted octanol–water partition coefficient (Wildman–Crippen LogP) is 2.75. The quantitative estimate of drug-likeness (QED) is 0.709. The summed E-state index contributed by atoms with van der Waals surface area (Å²) in [6, 6.07) is 3.09. The van der Waals surface area contributed by atoms with E-state index in [9.17, 15) is 4.39 Å². The van der Waals surface area contributed by atoms with E-state index in [1.165, 1.54) is 6.07 Å². The molecule has 2 aromatic heterocycles. The Bertz CT molecular complexity index is 479. The maximum absolute atomic E-state index is 13.2. The van der Waals surface area contributed by atoms with Crippen LogP contribution >= 0.6 is 0 Å². The van der Waals surface area contributed by atoms with Crippen LogP contribution in [0.15, 0.2) is 22.8 Å². The molecule has 2 aromatic rings. The van der Waals surface area contributed by atoms with Crippen LogP contribution in [-0.4, -0.2) is 9.97 Å². The van der Waals surface area contributed by atoms with Crippen molar-refractivity contribution in [3.05, 3.63) is 35.8 Å². The van der Waals surface area contributed by atoms with Gasteiger partial charge in [-0.25, -0.2) is 4.98 Å². The molecule has 0 unspecified atom stereocenters. The number of halogens is 1. The van der Waals surface area contributed by atoms with Crippen LogP contribution in [0.2, 0.25) is 0 Å². The van der Waals surface area contributed by atoms with Gasteiger partial charge in [0, 0.05) is 11.8 Å². The van der Waals surface area contributed by atoms with E-state index in [2.05, 4.69) is 9.97 Å². The lowest BCUT2D eigenvalue weighted by Gasteiger charge is -2.01. The lowest BCUT2D eigenvalue weighted by molar-refractivity contribution is 0.534. The zero-order valence-electron chi connectivity index (χ0n) is 8.62. The number of nitrogens with zero attached hydrogens (tertiary/aromatic N) is 2. The Labute approximate surface area is 87.0 Å². The third-order valence-electron chi connectivity index (χ3n) is 2.21. The van der Waals surface area contributed by atoms with Crippen LogP contribution in [0, 0.1) is 12.9 Å². The highest BCUT2D eigenvalue weighted by Gasteiger charge is 2.10. The minimum absolute atomic E-state index is 0.387. The van der Waals surface area contributed by atoms with Gasteiger partial charge in [-0.3, -0.25) is 0 Å². The van der Waals surface area contributed by atoms with Gasteiger partial charge in [-0.1, -0.05) is 6.92 Å². The van der Waals surface area contributed by atoms with E-state index in [1.54, 1.807) is 19.3 Å². The first-order valence-corrected chi connectivity index (χ1v) is 4.78. The average Bonchev–Trinajstić information content (AvgIpc) is 2.63. The van der Waals surface area contributed by atoms with E-state index in [4.69, 9.17) is 4.42 Å². The normalized spacial score (nSPS) is 10.6. The van der Waals surface area contributed by atoms with Crippen molar-refractivity contribution in [1.82, 2.24) is 9.97 Å². The van der Waals surface area contributed by atoms with Crippen LogP contribution < -0.4 is 0 Å². The second kappa shape index (κ2) is 3.81. The Kier molecular flexibility index (Phi) is 2.49. The van der Waals surface area contributed by atoms with Crippen LogP contribution in [0.3, 0.4) is 0 Å². The molecule has 0 aliphatic rings. The molecule has 0 amide bonds. The van der Waals surface area contributed by atoms with Gasteiger partial charge in [0.05, 0.1) is 11.8 Å². The second-order valence-electron chi connectivity index (χ2n) is 3.25. The maximum atomic E-state index is 13.2. The molecule has 0 bridgehead atoms. The summed E-state index contributed by atoms with van der Waals surface area (Å²) in [6.07, 6.45) is 2.23. The summed E-state index contributed by atoms with van der Waals surface area (Å²) in [6.45, 7) is 3.73.